The van der Waals surface area contributed by atoms with Crippen LogP contribution in [-0.2, 0) is 37.2 Å². The van der Waals surface area contributed by atoms with Crippen molar-refractivity contribution in [2.45, 2.75) is 66.6 Å². The summed E-state index contributed by atoms with van der Waals surface area (Å²) in [6, 6.07) is 0. The number of aryl methyl sites for hydroxylation is 3. The predicted octanol–water partition coefficient (Wildman–Crippen LogP) is 2.46. The number of nitrogens with zero attached hydrogens (tertiary/aromatic N) is 4. The fourth-order valence-electron chi connectivity index (χ4n) is 3.88. The monoisotopic (exact) mass is 416 g/mol. The normalized spacial score (nSPS) is 14.3. The summed E-state index contributed by atoms with van der Waals surface area (Å²) in [6.07, 6.45) is 2.85. The van der Waals surface area contributed by atoms with Crippen LogP contribution in [0.4, 0.5) is 0 Å². The molecule has 1 aliphatic rings. The first-order chi connectivity index (χ1) is 14.4. The summed E-state index contributed by atoms with van der Waals surface area (Å²) in [5.41, 5.74) is 5.04. The standard InChI is InChI=1S/C22H36N6O2/c1-6-20-24-16(4)18(25-20)14-27-10-8-19-17(13-27)21(22(29)23-9-12-30-5)26-28(19)11-7-15(2)3/h15H,6-14H2,1-5H3,(H,23,29)(H,24,25). The molecule has 3 heterocycles. The second-order valence-electron chi connectivity index (χ2n) is 8.50. The number of methoxy groups -OCH3 is 1. The summed E-state index contributed by atoms with van der Waals surface area (Å²) >= 11 is 0. The molecule has 3 rings (SSSR count). The highest BCUT2D eigenvalue weighted by molar-refractivity contribution is 5.94. The zero-order valence-electron chi connectivity index (χ0n) is 19.0. The third kappa shape index (κ3) is 5.29. The second kappa shape index (κ2) is 10.2. The molecule has 0 aromatic carbocycles. The average Bonchev–Trinajstić information content (AvgIpc) is 3.26. The molecule has 1 aliphatic heterocycles. The van der Waals surface area contributed by atoms with Gasteiger partial charge < -0.3 is 15.0 Å². The quantitative estimate of drug-likeness (QED) is 0.581. The predicted molar refractivity (Wildman–Crippen MR) is 116 cm³/mol. The molecular formula is C22H36N6O2. The van der Waals surface area contributed by atoms with E-state index in [2.05, 4.69) is 47.6 Å². The number of aromatic nitrogens is 4. The van der Waals surface area contributed by atoms with Crippen LogP contribution < -0.4 is 5.32 Å². The van der Waals surface area contributed by atoms with E-state index < -0.39 is 0 Å². The van der Waals surface area contributed by atoms with Gasteiger partial charge >= 0.3 is 0 Å². The first-order valence-electron chi connectivity index (χ1n) is 11.0. The molecule has 2 N–H and O–H groups in total. The van der Waals surface area contributed by atoms with Gasteiger partial charge in [-0.2, -0.15) is 5.10 Å². The molecule has 0 fully saturated rings. The third-order valence-corrected chi connectivity index (χ3v) is 5.68. The number of amides is 1. The van der Waals surface area contributed by atoms with E-state index in [9.17, 15) is 4.79 Å². The maximum atomic E-state index is 12.8. The number of hydrogen-bond donors (Lipinski definition) is 2. The van der Waals surface area contributed by atoms with Gasteiger partial charge in [0.2, 0.25) is 0 Å². The lowest BCUT2D eigenvalue weighted by molar-refractivity contribution is 0.0929. The largest absolute Gasteiger partial charge is 0.383 e. The highest BCUT2D eigenvalue weighted by Crippen LogP contribution is 2.25. The summed E-state index contributed by atoms with van der Waals surface area (Å²) in [5.74, 6) is 1.51. The molecule has 1 amide bonds. The SMILES string of the molecule is CCc1nc(CN2CCc3c(c(C(=O)NCCOC)nn3CCC(C)C)C2)c(C)[nH]1. The Bertz CT molecular complexity index is 854. The van der Waals surface area contributed by atoms with Gasteiger partial charge in [-0.25, -0.2) is 4.98 Å². The number of nitrogens with one attached hydrogen (secondary N) is 2. The van der Waals surface area contributed by atoms with Gasteiger partial charge in [-0.05, 0) is 19.3 Å². The van der Waals surface area contributed by atoms with E-state index in [4.69, 9.17) is 14.8 Å². The Morgan fingerprint density at radius 2 is 2.17 bits per heavy atom. The van der Waals surface area contributed by atoms with Crippen LogP contribution >= 0.6 is 0 Å². The molecule has 0 saturated heterocycles. The van der Waals surface area contributed by atoms with Crippen LogP contribution in [0.25, 0.3) is 0 Å². The third-order valence-electron chi connectivity index (χ3n) is 5.68. The summed E-state index contributed by atoms with van der Waals surface area (Å²) in [5, 5.41) is 7.67. The lowest BCUT2D eigenvalue weighted by atomic mass is 10.0. The van der Waals surface area contributed by atoms with Crippen LogP contribution in [0, 0.1) is 12.8 Å². The van der Waals surface area contributed by atoms with E-state index in [1.54, 1.807) is 7.11 Å². The minimum absolute atomic E-state index is 0.113. The molecule has 2 aromatic rings. The van der Waals surface area contributed by atoms with E-state index in [0.29, 0.717) is 24.8 Å². The highest BCUT2D eigenvalue weighted by Gasteiger charge is 2.28. The summed E-state index contributed by atoms with van der Waals surface area (Å²) in [7, 11) is 1.63. The minimum atomic E-state index is -0.113. The molecular weight excluding hydrogens is 380 g/mol. The van der Waals surface area contributed by atoms with Crippen LogP contribution in [0.2, 0.25) is 0 Å². The Labute approximate surface area is 179 Å². The number of rotatable bonds is 10. The van der Waals surface area contributed by atoms with Crippen LogP contribution in [0.3, 0.4) is 0 Å². The van der Waals surface area contributed by atoms with Crippen LogP contribution in [0.5, 0.6) is 0 Å². The van der Waals surface area contributed by atoms with E-state index in [1.165, 1.54) is 5.69 Å². The maximum Gasteiger partial charge on any atom is 0.272 e. The highest BCUT2D eigenvalue weighted by atomic mass is 16.5. The molecule has 0 atom stereocenters. The molecule has 0 spiro atoms. The Morgan fingerprint density at radius 1 is 1.37 bits per heavy atom. The van der Waals surface area contributed by atoms with Gasteiger partial charge in [-0.15, -0.1) is 0 Å². The smallest absolute Gasteiger partial charge is 0.272 e. The minimum Gasteiger partial charge on any atom is -0.383 e. The second-order valence-corrected chi connectivity index (χ2v) is 8.50. The number of carbonyl (C=O) groups is 1. The van der Waals surface area contributed by atoms with Crippen molar-refractivity contribution in [1.82, 2.24) is 30.0 Å². The first kappa shape index (κ1) is 22.5. The van der Waals surface area contributed by atoms with Crippen molar-refractivity contribution >= 4 is 5.91 Å². The van der Waals surface area contributed by atoms with Gasteiger partial charge in [0.05, 0.1) is 12.3 Å². The van der Waals surface area contributed by atoms with Crippen molar-refractivity contribution in [2.75, 3.05) is 26.8 Å². The van der Waals surface area contributed by atoms with Crippen molar-refractivity contribution in [3.8, 4) is 0 Å². The van der Waals surface area contributed by atoms with E-state index in [1.807, 2.05) is 0 Å². The molecule has 8 heteroatoms. The lowest BCUT2D eigenvalue weighted by Gasteiger charge is -2.27. The molecule has 0 radical (unpaired) electrons. The molecule has 2 aromatic heterocycles. The van der Waals surface area contributed by atoms with E-state index >= 15 is 0 Å². The van der Waals surface area contributed by atoms with Crippen molar-refractivity contribution < 1.29 is 9.53 Å². The van der Waals surface area contributed by atoms with Crippen molar-refractivity contribution in [2.24, 2.45) is 5.92 Å². The Morgan fingerprint density at radius 3 is 2.83 bits per heavy atom. The van der Waals surface area contributed by atoms with Crippen molar-refractivity contribution in [1.29, 1.82) is 0 Å². The molecule has 0 saturated carbocycles. The van der Waals surface area contributed by atoms with Crippen molar-refractivity contribution in [3.05, 3.63) is 34.2 Å². The lowest BCUT2D eigenvalue weighted by Crippen LogP contribution is -2.33. The first-order valence-corrected chi connectivity index (χ1v) is 11.0. The summed E-state index contributed by atoms with van der Waals surface area (Å²) in [4.78, 5) is 23.3. The Balaban J connectivity index is 1.80. The zero-order chi connectivity index (χ0) is 21.7. The topological polar surface area (TPSA) is 88.1 Å². The number of imidazole rings is 1. The molecule has 0 aliphatic carbocycles. The number of fused-ring (bicyclic) bond motifs is 1. The number of ether oxygens (including phenoxy) is 1. The van der Waals surface area contributed by atoms with Gasteiger partial charge in [0, 0.05) is 69.6 Å². The maximum absolute atomic E-state index is 12.8. The van der Waals surface area contributed by atoms with Gasteiger partial charge in [0.15, 0.2) is 5.69 Å². The number of hydrogen-bond acceptors (Lipinski definition) is 5. The number of H-pyrrole nitrogens is 1. The molecule has 0 bridgehead atoms. The zero-order valence-corrected chi connectivity index (χ0v) is 19.0. The Kier molecular flexibility index (Phi) is 7.66. The molecule has 30 heavy (non-hydrogen) atoms. The fraction of sp³-hybridized carbons (Fsp3) is 0.682. The molecule has 166 valence electrons. The van der Waals surface area contributed by atoms with E-state index in [-0.39, 0.29) is 5.91 Å². The molecule has 8 nitrogen and oxygen atoms in total. The average molecular weight is 417 g/mol. The number of carbonyl (C=O) groups excluding carboxylic acids is 1. The Hall–Kier alpha value is -2.19. The van der Waals surface area contributed by atoms with Crippen molar-refractivity contribution in [3.63, 3.8) is 0 Å². The summed E-state index contributed by atoms with van der Waals surface area (Å²) in [6.45, 7) is 12.9. The van der Waals surface area contributed by atoms with Gasteiger partial charge in [-0.1, -0.05) is 20.8 Å². The van der Waals surface area contributed by atoms with Gasteiger partial charge in [-0.3, -0.25) is 14.4 Å². The van der Waals surface area contributed by atoms with Gasteiger partial charge in [0.25, 0.3) is 5.91 Å². The van der Waals surface area contributed by atoms with Crippen LogP contribution in [0.15, 0.2) is 0 Å². The molecule has 0 unspecified atom stereocenters. The van der Waals surface area contributed by atoms with Crippen LogP contribution in [-0.4, -0.2) is 57.4 Å². The number of aromatic amines is 1. The van der Waals surface area contributed by atoms with Gasteiger partial charge in [0.1, 0.15) is 5.82 Å². The van der Waals surface area contributed by atoms with E-state index in [0.717, 1.165) is 68.2 Å². The summed E-state index contributed by atoms with van der Waals surface area (Å²) < 4.78 is 7.12. The van der Waals surface area contributed by atoms with Crippen LogP contribution in [0.1, 0.15) is 66.2 Å². The fourth-order valence-corrected chi connectivity index (χ4v) is 3.88.